The average molecular weight is 346 g/mol. The maximum Gasteiger partial charge on any atom is 0.348 e. The molecule has 0 spiro atoms. The highest BCUT2D eigenvalue weighted by molar-refractivity contribution is 5.80. The maximum atomic E-state index is 13.0. The summed E-state index contributed by atoms with van der Waals surface area (Å²) in [5.74, 6) is -1.25. The van der Waals surface area contributed by atoms with Crippen molar-refractivity contribution in [3.05, 3.63) is 54.6 Å². The summed E-state index contributed by atoms with van der Waals surface area (Å²) in [6.07, 6.45) is 3.97. The SMILES string of the molecule is O=C(Cn1cccc1)N1CCC(Oc2ccc(F)cc2)(C(=O)O)CC1. The van der Waals surface area contributed by atoms with E-state index in [1.165, 1.54) is 24.3 Å². The fourth-order valence-electron chi connectivity index (χ4n) is 2.94. The number of hydrogen-bond donors (Lipinski definition) is 1. The van der Waals surface area contributed by atoms with E-state index in [1.807, 2.05) is 12.1 Å². The van der Waals surface area contributed by atoms with Gasteiger partial charge in [-0.25, -0.2) is 9.18 Å². The molecule has 6 nitrogen and oxygen atoms in total. The van der Waals surface area contributed by atoms with Crippen LogP contribution in [0.2, 0.25) is 0 Å². The Bertz CT molecular complexity index is 735. The molecule has 0 bridgehead atoms. The Labute approximate surface area is 144 Å². The molecule has 1 aromatic heterocycles. The van der Waals surface area contributed by atoms with Crippen molar-refractivity contribution < 1.29 is 23.8 Å². The Morgan fingerprint density at radius 3 is 2.28 bits per heavy atom. The molecule has 1 saturated heterocycles. The molecule has 0 unspecified atom stereocenters. The molecule has 1 N–H and O–H groups in total. The number of rotatable bonds is 5. The molecule has 7 heteroatoms. The van der Waals surface area contributed by atoms with E-state index in [-0.39, 0.29) is 25.3 Å². The lowest BCUT2D eigenvalue weighted by atomic mass is 9.91. The van der Waals surface area contributed by atoms with Crippen molar-refractivity contribution in [3.8, 4) is 5.75 Å². The quantitative estimate of drug-likeness (QED) is 0.900. The van der Waals surface area contributed by atoms with Crippen molar-refractivity contribution in [2.45, 2.75) is 25.0 Å². The van der Waals surface area contributed by atoms with Gasteiger partial charge in [0, 0.05) is 38.3 Å². The molecule has 3 rings (SSSR count). The molecule has 2 heterocycles. The number of nitrogens with zero attached hydrogens (tertiary/aromatic N) is 2. The van der Waals surface area contributed by atoms with Gasteiger partial charge in [0.25, 0.3) is 0 Å². The molecule has 1 fully saturated rings. The highest BCUT2D eigenvalue weighted by Crippen LogP contribution is 2.29. The Kier molecular flexibility index (Phi) is 4.74. The second-order valence-electron chi connectivity index (χ2n) is 6.09. The predicted molar refractivity (Wildman–Crippen MR) is 87.6 cm³/mol. The fraction of sp³-hybridized carbons (Fsp3) is 0.333. The maximum absolute atomic E-state index is 13.0. The fourth-order valence-corrected chi connectivity index (χ4v) is 2.94. The number of halogens is 1. The Hall–Kier alpha value is -2.83. The van der Waals surface area contributed by atoms with Gasteiger partial charge in [0.2, 0.25) is 11.5 Å². The molecule has 1 aliphatic heterocycles. The minimum atomic E-state index is -1.40. The number of hydrogen-bond acceptors (Lipinski definition) is 3. The molecule has 0 saturated carbocycles. The minimum Gasteiger partial charge on any atom is -0.478 e. The monoisotopic (exact) mass is 346 g/mol. The summed E-state index contributed by atoms with van der Waals surface area (Å²) in [5, 5.41) is 9.63. The zero-order valence-electron chi connectivity index (χ0n) is 13.6. The molecule has 1 aliphatic rings. The van der Waals surface area contributed by atoms with Crippen molar-refractivity contribution in [1.82, 2.24) is 9.47 Å². The standard InChI is InChI=1S/C18H19FN2O4/c19-14-3-5-15(6-4-14)25-18(17(23)24)7-11-21(12-8-18)16(22)13-20-9-1-2-10-20/h1-6,9-10H,7-8,11-13H2,(H,23,24). The first-order chi connectivity index (χ1) is 12.0. The van der Waals surface area contributed by atoms with E-state index in [2.05, 4.69) is 0 Å². The molecule has 132 valence electrons. The van der Waals surface area contributed by atoms with Crippen LogP contribution in [0, 0.1) is 5.82 Å². The predicted octanol–water partition coefficient (Wildman–Crippen LogP) is 2.15. The Morgan fingerprint density at radius 2 is 1.72 bits per heavy atom. The molecular weight excluding hydrogens is 327 g/mol. The zero-order valence-corrected chi connectivity index (χ0v) is 13.6. The van der Waals surface area contributed by atoms with Crippen LogP contribution >= 0.6 is 0 Å². The van der Waals surface area contributed by atoms with E-state index in [0.717, 1.165) is 0 Å². The molecule has 1 aromatic carbocycles. The van der Waals surface area contributed by atoms with Crippen LogP contribution in [0.4, 0.5) is 4.39 Å². The third-order valence-electron chi connectivity index (χ3n) is 4.42. The number of amides is 1. The van der Waals surface area contributed by atoms with Gasteiger partial charge in [-0.2, -0.15) is 0 Å². The van der Waals surface area contributed by atoms with Crippen LogP contribution in [0.1, 0.15) is 12.8 Å². The average Bonchev–Trinajstić information content (AvgIpc) is 3.10. The van der Waals surface area contributed by atoms with Crippen LogP contribution in [-0.2, 0) is 16.1 Å². The Balaban J connectivity index is 1.65. The number of carbonyl (C=O) groups excluding carboxylic acids is 1. The molecule has 0 atom stereocenters. The number of aromatic nitrogens is 1. The van der Waals surface area contributed by atoms with Crippen LogP contribution < -0.4 is 4.74 Å². The van der Waals surface area contributed by atoms with E-state index in [9.17, 15) is 19.1 Å². The molecular formula is C18H19FN2O4. The highest BCUT2D eigenvalue weighted by atomic mass is 19.1. The van der Waals surface area contributed by atoms with Crippen LogP contribution in [-0.4, -0.2) is 45.1 Å². The first-order valence-corrected chi connectivity index (χ1v) is 8.05. The summed E-state index contributed by atoms with van der Waals surface area (Å²) in [5.41, 5.74) is -1.40. The minimum absolute atomic E-state index is 0.0584. The molecule has 1 amide bonds. The summed E-state index contributed by atoms with van der Waals surface area (Å²) >= 11 is 0. The van der Waals surface area contributed by atoms with E-state index < -0.39 is 17.4 Å². The number of carboxylic acid groups (broad SMARTS) is 1. The normalized spacial score (nSPS) is 16.4. The van der Waals surface area contributed by atoms with Crippen molar-refractivity contribution in [2.24, 2.45) is 0 Å². The number of likely N-dealkylation sites (tertiary alicyclic amines) is 1. The first kappa shape index (κ1) is 17.0. The van der Waals surface area contributed by atoms with Gasteiger partial charge in [-0.1, -0.05) is 0 Å². The van der Waals surface area contributed by atoms with Gasteiger partial charge in [0.15, 0.2) is 0 Å². The topological polar surface area (TPSA) is 71.8 Å². The largest absolute Gasteiger partial charge is 0.478 e. The first-order valence-electron chi connectivity index (χ1n) is 8.05. The van der Waals surface area contributed by atoms with Crippen LogP contribution in [0.3, 0.4) is 0 Å². The number of carboxylic acids is 1. The lowest BCUT2D eigenvalue weighted by Gasteiger charge is -2.38. The Morgan fingerprint density at radius 1 is 1.12 bits per heavy atom. The number of piperidine rings is 1. The lowest BCUT2D eigenvalue weighted by molar-refractivity contribution is -0.162. The summed E-state index contributed by atoms with van der Waals surface area (Å²) in [6.45, 7) is 0.826. The van der Waals surface area contributed by atoms with Crippen molar-refractivity contribution in [2.75, 3.05) is 13.1 Å². The smallest absolute Gasteiger partial charge is 0.348 e. The second-order valence-corrected chi connectivity index (χ2v) is 6.09. The number of carbonyl (C=O) groups is 2. The van der Waals surface area contributed by atoms with Crippen molar-refractivity contribution >= 4 is 11.9 Å². The van der Waals surface area contributed by atoms with Gasteiger partial charge < -0.3 is 19.3 Å². The summed E-state index contributed by atoms with van der Waals surface area (Å²) < 4.78 is 20.5. The van der Waals surface area contributed by atoms with Crippen molar-refractivity contribution in [1.29, 1.82) is 0 Å². The van der Waals surface area contributed by atoms with Gasteiger partial charge in [0.1, 0.15) is 18.1 Å². The highest BCUT2D eigenvalue weighted by Gasteiger charge is 2.44. The summed E-state index contributed by atoms with van der Waals surface area (Å²) in [4.78, 5) is 25.7. The van der Waals surface area contributed by atoms with Crippen molar-refractivity contribution in [3.63, 3.8) is 0 Å². The second kappa shape index (κ2) is 6.96. The summed E-state index contributed by atoms with van der Waals surface area (Å²) in [7, 11) is 0. The van der Waals surface area contributed by atoms with Gasteiger partial charge in [-0.05, 0) is 36.4 Å². The molecule has 25 heavy (non-hydrogen) atoms. The van der Waals surface area contributed by atoms with Crippen LogP contribution in [0.15, 0.2) is 48.8 Å². The lowest BCUT2D eigenvalue weighted by Crippen LogP contribution is -2.54. The molecule has 2 aromatic rings. The van der Waals surface area contributed by atoms with E-state index in [0.29, 0.717) is 18.8 Å². The number of aliphatic carboxylic acids is 1. The van der Waals surface area contributed by atoms with E-state index in [1.54, 1.807) is 21.9 Å². The van der Waals surface area contributed by atoms with E-state index in [4.69, 9.17) is 4.74 Å². The number of benzene rings is 1. The van der Waals surface area contributed by atoms with Gasteiger partial charge in [0.05, 0.1) is 0 Å². The van der Waals surface area contributed by atoms with Gasteiger partial charge in [-0.3, -0.25) is 4.79 Å². The third-order valence-corrected chi connectivity index (χ3v) is 4.42. The van der Waals surface area contributed by atoms with Crippen LogP contribution in [0.5, 0.6) is 5.75 Å². The number of ether oxygens (including phenoxy) is 1. The molecule has 0 aliphatic carbocycles. The third kappa shape index (κ3) is 3.81. The zero-order chi connectivity index (χ0) is 17.9. The van der Waals surface area contributed by atoms with Gasteiger partial charge in [-0.15, -0.1) is 0 Å². The van der Waals surface area contributed by atoms with Gasteiger partial charge >= 0.3 is 5.97 Å². The molecule has 0 radical (unpaired) electrons. The van der Waals surface area contributed by atoms with Crippen LogP contribution in [0.25, 0.3) is 0 Å². The summed E-state index contributed by atoms with van der Waals surface area (Å²) in [6, 6.07) is 8.94. The van der Waals surface area contributed by atoms with E-state index >= 15 is 0 Å².